The standard InChI is InChI=1S/C19H15N7O/c1-11-5-12(7-20)8-21-17(11)19(27)23-14-4-3-13-9-22-18(15(13)6-14)16-10-26(2)25-24-16/h3-6,8,10H,9H2,1-2H3,(H,23,27). The Kier molecular flexibility index (Phi) is 3.97. The van der Waals surface area contributed by atoms with Gasteiger partial charge in [0, 0.05) is 24.5 Å². The minimum atomic E-state index is -0.326. The van der Waals surface area contributed by atoms with Crippen LogP contribution < -0.4 is 5.32 Å². The number of aryl methyl sites for hydroxylation is 2. The van der Waals surface area contributed by atoms with Gasteiger partial charge in [0.05, 0.1) is 24.0 Å². The Morgan fingerprint density at radius 2 is 2.19 bits per heavy atom. The molecule has 1 amide bonds. The van der Waals surface area contributed by atoms with E-state index in [-0.39, 0.29) is 11.6 Å². The zero-order chi connectivity index (χ0) is 19.0. The molecule has 4 rings (SSSR count). The van der Waals surface area contributed by atoms with Crippen molar-refractivity contribution in [1.29, 1.82) is 5.26 Å². The molecule has 0 atom stereocenters. The first-order chi connectivity index (χ1) is 13.0. The molecule has 0 saturated heterocycles. The van der Waals surface area contributed by atoms with E-state index >= 15 is 0 Å². The van der Waals surface area contributed by atoms with E-state index in [1.807, 2.05) is 30.5 Å². The molecule has 0 bridgehead atoms. The van der Waals surface area contributed by atoms with E-state index in [9.17, 15) is 4.79 Å². The maximum atomic E-state index is 12.6. The Bertz CT molecular complexity index is 1140. The summed E-state index contributed by atoms with van der Waals surface area (Å²) in [5, 5.41) is 19.9. The third-order valence-corrected chi connectivity index (χ3v) is 4.30. The summed E-state index contributed by atoms with van der Waals surface area (Å²) in [5.41, 5.74) is 5.46. The van der Waals surface area contributed by atoms with Crippen LogP contribution in [0.2, 0.25) is 0 Å². The highest BCUT2D eigenvalue weighted by Gasteiger charge is 2.21. The Labute approximate surface area is 155 Å². The molecule has 1 N–H and O–H groups in total. The highest BCUT2D eigenvalue weighted by molar-refractivity contribution is 6.14. The highest BCUT2D eigenvalue weighted by atomic mass is 16.1. The minimum Gasteiger partial charge on any atom is -0.321 e. The van der Waals surface area contributed by atoms with Crippen LogP contribution >= 0.6 is 0 Å². The molecule has 8 nitrogen and oxygen atoms in total. The number of fused-ring (bicyclic) bond motifs is 1. The van der Waals surface area contributed by atoms with Crippen molar-refractivity contribution in [2.45, 2.75) is 13.5 Å². The first kappa shape index (κ1) is 16.6. The third-order valence-electron chi connectivity index (χ3n) is 4.30. The Morgan fingerprint density at radius 1 is 1.33 bits per heavy atom. The number of nitrogens with one attached hydrogen (secondary N) is 1. The van der Waals surface area contributed by atoms with Crippen LogP contribution in [-0.4, -0.2) is 31.6 Å². The summed E-state index contributed by atoms with van der Waals surface area (Å²) in [5.74, 6) is -0.326. The van der Waals surface area contributed by atoms with Crippen LogP contribution in [0.1, 0.15) is 38.4 Å². The van der Waals surface area contributed by atoms with Gasteiger partial charge < -0.3 is 5.32 Å². The van der Waals surface area contributed by atoms with Gasteiger partial charge in [0.1, 0.15) is 17.5 Å². The number of amides is 1. The molecule has 0 aliphatic carbocycles. The van der Waals surface area contributed by atoms with Gasteiger partial charge in [0.15, 0.2) is 0 Å². The second-order valence-electron chi connectivity index (χ2n) is 6.27. The molecule has 1 aliphatic rings. The van der Waals surface area contributed by atoms with Crippen LogP contribution in [0.25, 0.3) is 0 Å². The van der Waals surface area contributed by atoms with E-state index in [0.717, 1.165) is 16.8 Å². The van der Waals surface area contributed by atoms with E-state index in [0.29, 0.717) is 29.1 Å². The number of pyridine rings is 1. The van der Waals surface area contributed by atoms with Gasteiger partial charge in [-0.25, -0.2) is 4.98 Å². The summed E-state index contributed by atoms with van der Waals surface area (Å²) >= 11 is 0. The number of aromatic nitrogens is 4. The van der Waals surface area contributed by atoms with E-state index in [2.05, 4.69) is 25.6 Å². The molecule has 0 saturated carbocycles. The monoisotopic (exact) mass is 357 g/mol. The average molecular weight is 357 g/mol. The summed E-state index contributed by atoms with van der Waals surface area (Å²) in [4.78, 5) is 21.2. The number of hydrogen-bond donors (Lipinski definition) is 1. The molecular weight excluding hydrogens is 342 g/mol. The molecule has 2 aromatic heterocycles. The summed E-state index contributed by atoms with van der Waals surface area (Å²) < 4.78 is 1.63. The molecular formula is C19H15N7O. The van der Waals surface area contributed by atoms with Crippen molar-refractivity contribution in [3.63, 3.8) is 0 Å². The number of hydrogen-bond acceptors (Lipinski definition) is 6. The smallest absolute Gasteiger partial charge is 0.274 e. The maximum absolute atomic E-state index is 12.6. The zero-order valence-corrected chi connectivity index (χ0v) is 14.8. The molecule has 132 valence electrons. The van der Waals surface area contributed by atoms with Gasteiger partial charge >= 0.3 is 0 Å². The molecule has 1 aromatic carbocycles. The number of aliphatic imine (C=N–C) groups is 1. The second kappa shape index (κ2) is 6.46. The lowest BCUT2D eigenvalue weighted by atomic mass is 10.0. The summed E-state index contributed by atoms with van der Waals surface area (Å²) in [6.07, 6.45) is 3.20. The molecule has 8 heteroatoms. The highest BCUT2D eigenvalue weighted by Crippen LogP contribution is 2.25. The predicted molar refractivity (Wildman–Crippen MR) is 98.4 cm³/mol. The van der Waals surface area contributed by atoms with Crippen molar-refractivity contribution in [2.24, 2.45) is 12.0 Å². The first-order valence-corrected chi connectivity index (χ1v) is 8.27. The molecule has 3 aromatic rings. The first-order valence-electron chi connectivity index (χ1n) is 8.27. The van der Waals surface area contributed by atoms with Gasteiger partial charge in [-0.2, -0.15) is 5.26 Å². The van der Waals surface area contributed by atoms with Gasteiger partial charge in [-0.05, 0) is 36.2 Å². The van der Waals surface area contributed by atoms with Crippen molar-refractivity contribution in [2.75, 3.05) is 5.32 Å². The number of anilines is 1. The van der Waals surface area contributed by atoms with Crippen LogP contribution in [0.3, 0.4) is 0 Å². The normalized spacial score (nSPS) is 12.3. The topological polar surface area (TPSA) is 109 Å². The number of carbonyl (C=O) groups is 1. The molecule has 1 aliphatic heterocycles. The van der Waals surface area contributed by atoms with Crippen LogP contribution in [0.4, 0.5) is 5.69 Å². The van der Waals surface area contributed by atoms with Crippen LogP contribution in [0, 0.1) is 18.3 Å². The second-order valence-corrected chi connectivity index (χ2v) is 6.27. The third kappa shape index (κ3) is 3.06. The van der Waals surface area contributed by atoms with Gasteiger partial charge in [-0.15, -0.1) is 5.10 Å². The molecule has 0 fully saturated rings. The number of nitriles is 1. The maximum Gasteiger partial charge on any atom is 0.274 e. The SMILES string of the molecule is Cc1cc(C#N)cnc1C(=O)Nc1ccc2c(c1)C(c1cn(C)nn1)=NC2. The van der Waals surface area contributed by atoms with Crippen LogP contribution in [0.5, 0.6) is 0 Å². The fourth-order valence-electron chi connectivity index (χ4n) is 3.00. The van der Waals surface area contributed by atoms with Crippen molar-refractivity contribution < 1.29 is 4.79 Å². The fraction of sp³-hybridized carbons (Fsp3) is 0.158. The van der Waals surface area contributed by atoms with E-state index in [1.165, 1.54) is 6.20 Å². The Balaban J connectivity index is 1.61. The van der Waals surface area contributed by atoms with Crippen molar-refractivity contribution in [1.82, 2.24) is 20.0 Å². The van der Waals surface area contributed by atoms with Gasteiger partial charge in [-0.3, -0.25) is 14.5 Å². The fourth-order valence-corrected chi connectivity index (χ4v) is 3.00. The quantitative estimate of drug-likeness (QED) is 0.771. The number of benzene rings is 1. The van der Waals surface area contributed by atoms with Gasteiger partial charge in [0.25, 0.3) is 5.91 Å². The largest absolute Gasteiger partial charge is 0.321 e. The Hall–Kier alpha value is -3.86. The predicted octanol–water partition coefficient (Wildman–Crippen LogP) is 1.99. The lowest BCUT2D eigenvalue weighted by Crippen LogP contribution is -2.16. The van der Waals surface area contributed by atoms with E-state index in [1.54, 1.807) is 24.7 Å². The van der Waals surface area contributed by atoms with Crippen LogP contribution in [-0.2, 0) is 13.6 Å². The van der Waals surface area contributed by atoms with Gasteiger partial charge in [-0.1, -0.05) is 11.3 Å². The van der Waals surface area contributed by atoms with E-state index in [4.69, 9.17) is 5.26 Å². The number of carbonyl (C=O) groups excluding carboxylic acids is 1. The summed E-state index contributed by atoms with van der Waals surface area (Å²) in [7, 11) is 1.80. The molecule has 0 spiro atoms. The molecule has 27 heavy (non-hydrogen) atoms. The molecule has 3 heterocycles. The van der Waals surface area contributed by atoms with E-state index < -0.39 is 0 Å². The van der Waals surface area contributed by atoms with Crippen molar-refractivity contribution >= 4 is 17.3 Å². The van der Waals surface area contributed by atoms with Crippen LogP contribution in [0.15, 0.2) is 41.7 Å². The zero-order valence-electron chi connectivity index (χ0n) is 14.8. The van der Waals surface area contributed by atoms with Gasteiger partial charge in [0.2, 0.25) is 0 Å². The lowest BCUT2D eigenvalue weighted by molar-refractivity contribution is 0.102. The molecule has 0 unspecified atom stereocenters. The van der Waals surface area contributed by atoms with Crippen molar-refractivity contribution in [3.05, 3.63) is 70.3 Å². The average Bonchev–Trinajstić information content (AvgIpc) is 3.27. The summed E-state index contributed by atoms with van der Waals surface area (Å²) in [6.45, 7) is 2.33. The number of rotatable bonds is 3. The molecule has 0 radical (unpaired) electrons. The van der Waals surface area contributed by atoms with Crippen molar-refractivity contribution in [3.8, 4) is 6.07 Å². The number of nitrogens with zero attached hydrogens (tertiary/aromatic N) is 6. The minimum absolute atomic E-state index is 0.289. The lowest BCUT2D eigenvalue weighted by Gasteiger charge is -2.09. The Morgan fingerprint density at radius 3 is 2.89 bits per heavy atom. The summed E-state index contributed by atoms with van der Waals surface area (Å²) in [6, 6.07) is 9.32.